The largest absolute Gasteiger partial charge is 0.341 e. The van der Waals surface area contributed by atoms with Gasteiger partial charge in [0.25, 0.3) is 5.91 Å². The minimum Gasteiger partial charge on any atom is -0.341 e. The number of anilines is 1. The number of carbonyl (C=O) groups excluding carboxylic acids is 1. The number of nitrogens with zero attached hydrogens (tertiary/aromatic N) is 2. The van der Waals surface area contributed by atoms with Crippen LogP contribution in [0.2, 0.25) is 10.0 Å². The highest BCUT2D eigenvalue weighted by atomic mass is 35.5. The summed E-state index contributed by atoms with van der Waals surface area (Å²) >= 11 is 12.8. The topological polar surface area (TPSA) is 69.7 Å². The van der Waals surface area contributed by atoms with Crippen molar-refractivity contribution in [2.24, 2.45) is 0 Å². The minimum absolute atomic E-state index is 0.0623. The van der Waals surface area contributed by atoms with Gasteiger partial charge in [-0.1, -0.05) is 83.9 Å². The second-order valence-electron chi connectivity index (χ2n) is 12.2. The average Bonchev–Trinajstić information content (AvgIpc) is 3.29. The molecule has 0 bridgehead atoms. The molecule has 1 amide bonds. The van der Waals surface area contributed by atoms with Gasteiger partial charge in [-0.15, -0.1) is 0 Å². The first-order valence-electron chi connectivity index (χ1n) is 15.1. The van der Waals surface area contributed by atoms with E-state index in [9.17, 15) is 13.2 Å². The monoisotopic (exact) mass is 649 g/mol. The van der Waals surface area contributed by atoms with Crippen molar-refractivity contribution in [2.75, 3.05) is 37.2 Å². The van der Waals surface area contributed by atoms with Crippen LogP contribution in [0.25, 0.3) is 10.8 Å². The maximum absolute atomic E-state index is 13.9. The minimum atomic E-state index is -3.55. The quantitative estimate of drug-likeness (QED) is 0.218. The molecule has 1 saturated heterocycles. The molecule has 0 aromatic heterocycles. The maximum atomic E-state index is 13.9. The summed E-state index contributed by atoms with van der Waals surface area (Å²) in [4.78, 5) is 15.6. The number of rotatable bonds is 8. The highest BCUT2D eigenvalue weighted by Gasteiger charge is 2.53. The Bertz CT molecular complexity index is 1800. The van der Waals surface area contributed by atoms with Crippen LogP contribution in [0.1, 0.15) is 53.1 Å². The molecule has 2 aliphatic rings. The zero-order valence-electron chi connectivity index (χ0n) is 25.0. The summed E-state index contributed by atoms with van der Waals surface area (Å²) in [6, 6.07) is 27.1. The van der Waals surface area contributed by atoms with E-state index in [1.807, 2.05) is 79.8 Å². The molecular formula is C35H37Cl2N3O3S. The van der Waals surface area contributed by atoms with Crippen LogP contribution >= 0.6 is 23.2 Å². The number of fused-ring (bicyclic) bond motifs is 3. The summed E-state index contributed by atoms with van der Waals surface area (Å²) in [5.74, 6) is -0.162. The molecule has 1 unspecified atom stereocenters. The second-order valence-corrected chi connectivity index (χ2v) is 14.8. The van der Waals surface area contributed by atoms with Gasteiger partial charge >= 0.3 is 0 Å². The molecule has 9 heteroatoms. The number of piperidine rings is 1. The molecule has 6 nitrogen and oxygen atoms in total. The molecule has 2 atom stereocenters. The standard InChI is InChI=1S/C35H37Cl2N3O3S/c1-39(34(41)28-11-7-9-24-8-3-4-10-27(24)28)23-26(25-14-16-30(36)31(37)22-25)15-17-33-35(18-20-38-21-19-35)29-12-5-6-13-32(29)40(33)44(2,42)43/h3-14,16,22,26,33,38H,15,17-21,23H2,1-2H3/t26-,33?/m1/s1. The lowest BCUT2D eigenvalue weighted by Crippen LogP contribution is -2.52. The Morgan fingerprint density at radius 3 is 2.43 bits per heavy atom. The van der Waals surface area contributed by atoms with Crippen molar-refractivity contribution >= 4 is 55.6 Å². The number of likely N-dealkylation sites (N-methyl/N-ethyl adjacent to an activating group) is 1. The van der Waals surface area contributed by atoms with Crippen LogP contribution in [0.15, 0.2) is 84.9 Å². The molecule has 1 fully saturated rings. The van der Waals surface area contributed by atoms with Gasteiger partial charge in [0.05, 0.1) is 28.0 Å². The van der Waals surface area contributed by atoms with Crippen LogP contribution in [-0.4, -0.2) is 58.2 Å². The molecule has 1 spiro atoms. The summed E-state index contributed by atoms with van der Waals surface area (Å²) in [6.07, 6.45) is 4.31. The third kappa shape index (κ3) is 5.71. The maximum Gasteiger partial charge on any atom is 0.254 e. The van der Waals surface area contributed by atoms with Crippen LogP contribution in [0, 0.1) is 0 Å². The van der Waals surface area contributed by atoms with E-state index in [2.05, 4.69) is 11.4 Å². The summed E-state index contributed by atoms with van der Waals surface area (Å²) < 4.78 is 28.4. The van der Waals surface area contributed by atoms with Gasteiger partial charge in [-0.25, -0.2) is 8.42 Å². The van der Waals surface area contributed by atoms with E-state index >= 15 is 0 Å². The first kappa shape index (κ1) is 30.9. The Morgan fingerprint density at radius 1 is 0.977 bits per heavy atom. The normalized spacial score (nSPS) is 18.4. The highest BCUT2D eigenvalue weighted by Crippen LogP contribution is 2.53. The van der Waals surface area contributed by atoms with Crippen LogP contribution < -0.4 is 9.62 Å². The number of halogens is 2. The van der Waals surface area contributed by atoms with Gasteiger partial charge in [0.2, 0.25) is 10.0 Å². The number of hydrogen-bond donors (Lipinski definition) is 1. The van der Waals surface area contributed by atoms with Crippen molar-refractivity contribution in [3.8, 4) is 0 Å². The Hall–Kier alpha value is -3.10. The van der Waals surface area contributed by atoms with Gasteiger partial charge in [0, 0.05) is 30.5 Å². The van der Waals surface area contributed by atoms with E-state index < -0.39 is 10.0 Å². The Morgan fingerprint density at radius 2 is 1.68 bits per heavy atom. The van der Waals surface area contributed by atoms with Crippen LogP contribution in [0.4, 0.5) is 5.69 Å². The van der Waals surface area contributed by atoms with E-state index in [-0.39, 0.29) is 23.3 Å². The SMILES string of the molecule is CN(C[C@@H](CCC1N(S(C)(=O)=O)c2ccccc2C12CCNCC2)c1ccc(Cl)c(Cl)c1)C(=O)c1cccc2ccccc12. The third-order valence-electron chi connectivity index (χ3n) is 9.52. The molecule has 1 N–H and O–H groups in total. The van der Waals surface area contributed by atoms with Crippen LogP contribution in [0.3, 0.4) is 0 Å². The lowest BCUT2D eigenvalue weighted by Gasteiger charge is -2.42. The van der Waals surface area contributed by atoms with Crippen molar-refractivity contribution in [1.29, 1.82) is 0 Å². The van der Waals surface area contributed by atoms with E-state index in [4.69, 9.17) is 23.2 Å². The molecule has 2 heterocycles. The van der Waals surface area contributed by atoms with Gasteiger partial charge in [-0.3, -0.25) is 9.10 Å². The number of hydrogen-bond acceptors (Lipinski definition) is 4. The average molecular weight is 651 g/mol. The fourth-order valence-electron chi connectivity index (χ4n) is 7.46. The summed E-state index contributed by atoms with van der Waals surface area (Å²) in [7, 11) is -1.72. The highest BCUT2D eigenvalue weighted by molar-refractivity contribution is 7.92. The lowest BCUT2D eigenvalue weighted by molar-refractivity contribution is 0.0785. The van der Waals surface area contributed by atoms with Crippen molar-refractivity contribution in [3.05, 3.63) is 112 Å². The number of carbonyl (C=O) groups is 1. The van der Waals surface area contributed by atoms with Crippen molar-refractivity contribution in [1.82, 2.24) is 10.2 Å². The van der Waals surface area contributed by atoms with Gasteiger partial charge in [0.1, 0.15) is 0 Å². The number of nitrogens with one attached hydrogen (secondary N) is 1. The zero-order valence-corrected chi connectivity index (χ0v) is 27.3. The summed E-state index contributed by atoms with van der Waals surface area (Å²) in [6.45, 7) is 2.11. The van der Waals surface area contributed by atoms with Gasteiger partial charge < -0.3 is 10.2 Å². The molecule has 44 heavy (non-hydrogen) atoms. The molecule has 4 aromatic carbocycles. The predicted octanol–water partition coefficient (Wildman–Crippen LogP) is 7.25. The number of benzene rings is 4. The lowest BCUT2D eigenvalue weighted by atomic mass is 9.68. The van der Waals surface area contributed by atoms with Crippen molar-refractivity contribution < 1.29 is 13.2 Å². The Balaban J connectivity index is 1.34. The van der Waals surface area contributed by atoms with Crippen molar-refractivity contribution in [2.45, 2.75) is 43.1 Å². The van der Waals surface area contributed by atoms with Gasteiger partial charge in [-0.05, 0) is 84.9 Å². The molecule has 2 aliphatic heterocycles. The third-order valence-corrected chi connectivity index (χ3v) is 11.4. The van der Waals surface area contributed by atoms with Crippen molar-refractivity contribution in [3.63, 3.8) is 0 Å². The smallest absolute Gasteiger partial charge is 0.254 e. The van der Waals surface area contributed by atoms with E-state index in [1.54, 1.807) is 15.3 Å². The first-order valence-corrected chi connectivity index (χ1v) is 17.7. The van der Waals surface area contributed by atoms with Gasteiger partial charge in [-0.2, -0.15) is 0 Å². The predicted molar refractivity (Wildman–Crippen MR) is 181 cm³/mol. The molecule has 230 valence electrons. The number of amides is 1. The van der Waals surface area contributed by atoms with E-state index in [0.717, 1.165) is 53.5 Å². The Kier molecular flexibility index (Phi) is 8.68. The molecule has 0 aliphatic carbocycles. The molecule has 0 saturated carbocycles. The summed E-state index contributed by atoms with van der Waals surface area (Å²) in [5, 5.41) is 6.33. The van der Waals surface area contributed by atoms with E-state index in [1.165, 1.54) is 6.26 Å². The second kappa shape index (κ2) is 12.4. The zero-order chi connectivity index (χ0) is 31.1. The summed E-state index contributed by atoms with van der Waals surface area (Å²) in [5.41, 5.74) is 3.25. The molecule has 4 aromatic rings. The van der Waals surface area contributed by atoms with Crippen LogP contribution in [-0.2, 0) is 15.4 Å². The Labute approximate surface area is 270 Å². The number of para-hydroxylation sites is 1. The fourth-order valence-corrected chi connectivity index (χ4v) is 9.05. The first-order chi connectivity index (χ1) is 21.1. The van der Waals surface area contributed by atoms with Gasteiger partial charge in [0.15, 0.2) is 0 Å². The van der Waals surface area contributed by atoms with E-state index in [0.29, 0.717) is 35.0 Å². The molecule has 0 radical (unpaired) electrons. The molecular weight excluding hydrogens is 613 g/mol. The number of sulfonamides is 1. The van der Waals surface area contributed by atoms with Crippen LogP contribution in [0.5, 0.6) is 0 Å². The fraction of sp³-hybridized carbons (Fsp3) is 0.343. The molecule has 6 rings (SSSR count).